The van der Waals surface area contributed by atoms with E-state index in [9.17, 15) is 14.9 Å². The van der Waals surface area contributed by atoms with Crippen molar-refractivity contribution in [1.29, 1.82) is 0 Å². The minimum atomic E-state index is -0.389. The first-order valence-corrected chi connectivity index (χ1v) is 7.34. The van der Waals surface area contributed by atoms with E-state index in [0.29, 0.717) is 5.56 Å². The molecule has 0 aliphatic carbocycles. The predicted molar refractivity (Wildman–Crippen MR) is 79.9 cm³/mol. The molecule has 6 nitrogen and oxygen atoms in total. The second kappa shape index (κ2) is 7.17. The van der Waals surface area contributed by atoms with Crippen LogP contribution in [0.4, 0.5) is 5.69 Å². The monoisotopic (exact) mass is 291 g/mol. The van der Waals surface area contributed by atoms with Gasteiger partial charge in [-0.2, -0.15) is 0 Å². The van der Waals surface area contributed by atoms with E-state index in [4.69, 9.17) is 0 Å². The number of para-hydroxylation sites is 1. The van der Waals surface area contributed by atoms with Crippen LogP contribution in [0.2, 0.25) is 0 Å². The molecule has 2 rings (SSSR count). The van der Waals surface area contributed by atoms with E-state index in [2.05, 4.69) is 5.32 Å². The quantitative estimate of drug-likeness (QED) is 0.667. The van der Waals surface area contributed by atoms with Crippen molar-refractivity contribution in [2.45, 2.75) is 32.2 Å². The van der Waals surface area contributed by atoms with E-state index < -0.39 is 0 Å². The van der Waals surface area contributed by atoms with Crippen molar-refractivity contribution in [3.05, 3.63) is 39.9 Å². The normalized spacial score (nSPS) is 16.5. The molecule has 0 spiro atoms. The van der Waals surface area contributed by atoms with Crippen LogP contribution in [0.3, 0.4) is 0 Å². The van der Waals surface area contributed by atoms with E-state index in [-0.39, 0.29) is 29.1 Å². The van der Waals surface area contributed by atoms with Crippen LogP contribution in [0.25, 0.3) is 0 Å². The lowest BCUT2D eigenvalue weighted by atomic mass is 10.1. The number of rotatable bonds is 5. The summed E-state index contributed by atoms with van der Waals surface area (Å²) in [5.74, 6) is 0.0696. The van der Waals surface area contributed by atoms with Gasteiger partial charge in [-0.15, -0.1) is 0 Å². The fraction of sp³-hybridized carbons (Fsp3) is 0.533. The van der Waals surface area contributed by atoms with Gasteiger partial charge < -0.3 is 10.2 Å². The minimum absolute atomic E-state index is 0.0696. The topological polar surface area (TPSA) is 75.5 Å². The third-order valence-corrected chi connectivity index (χ3v) is 3.87. The Labute approximate surface area is 124 Å². The van der Waals surface area contributed by atoms with Gasteiger partial charge in [0.15, 0.2) is 0 Å². The van der Waals surface area contributed by atoms with Gasteiger partial charge in [-0.3, -0.25) is 14.9 Å². The molecular weight excluding hydrogens is 270 g/mol. The summed E-state index contributed by atoms with van der Waals surface area (Å²) in [6, 6.07) is 6.39. The SMILES string of the molecule is CC(NCC(=O)N1CCCCC1)c1ccccc1[N+](=O)[O-]. The molecule has 1 amide bonds. The molecule has 1 fully saturated rings. The van der Waals surface area contributed by atoms with Crippen LogP contribution in [0.1, 0.15) is 37.8 Å². The number of hydrogen-bond donors (Lipinski definition) is 1. The molecule has 0 bridgehead atoms. The summed E-state index contributed by atoms with van der Waals surface area (Å²) in [6.45, 7) is 3.69. The number of nitro benzene ring substituents is 1. The standard InChI is InChI=1S/C15H21N3O3/c1-12(13-7-3-4-8-14(13)18(20)21)16-11-15(19)17-9-5-2-6-10-17/h3-4,7-8,12,16H,2,5-6,9-11H2,1H3. The average Bonchev–Trinajstić information content (AvgIpc) is 2.53. The van der Waals surface area contributed by atoms with Gasteiger partial charge in [0, 0.05) is 30.8 Å². The summed E-state index contributed by atoms with van der Waals surface area (Å²) in [5.41, 5.74) is 0.692. The van der Waals surface area contributed by atoms with Crippen molar-refractivity contribution in [3.63, 3.8) is 0 Å². The second-order valence-corrected chi connectivity index (χ2v) is 5.36. The molecule has 0 aromatic heterocycles. The highest BCUT2D eigenvalue weighted by molar-refractivity contribution is 5.78. The Hall–Kier alpha value is -1.95. The Morgan fingerprint density at radius 1 is 1.33 bits per heavy atom. The van der Waals surface area contributed by atoms with Crippen LogP contribution >= 0.6 is 0 Å². The van der Waals surface area contributed by atoms with Crippen LogP contribution in [0.5, 0.6) is 0 Å². The van der Waals surface area contributed by atoms with E-state index in [1.165, 1.54) is 12.5 Å². The smallest absolute Gasteiger partial charge is 0.274 e. The molecule has 0 radical (unpaired) electrons. The maximum atomic E-state index is 12.1. The van der Waals surface area contributed by atoms with Gasteiger partial charge in [-0.05, 0) is 26.2 Å². The van der Waals surface area contributed by atoms with Crippen molar-refractivity contribution in [2.75, 3.05) is 19.6 Å². The molecule has 6 heteroatoms. The molecule has 21 heavy (non-hydrogen) atoms. The van der Waals surface area contributed by atoms with Crippen molar-refractivity contribution in [3.8, 4) is 0 Å². The van der Waals surface area contributed by atoms with Gasteiger partial charge in [0.05, 0.1) is 11.5 Å². The third-order valence-electron chi connectivity index (χ3n) is 3.87. The van der Waals surface area contributed by atoms with Crippen LogP contribution in [-0.4, -0.2) is 35.4 Å². The zero-order valence-electron chi connectivity index (χ0n) is 12.2. The second-order valence-electron chi connectivity index (χ2n) is 5.36. The Kier molecular flexibility index (Phi) is 5.27. The summed E-state index contributed by atoms with van der Waals surface area (Å²) in [7, 11) is 0. The van der Waals surface area contributed by atoms with Crippen LogP contribution in [0, 0.1) is 10.1 Å². The lowest BCUT2D eigenvalue weighted by Gasteiger charge is -2.27. The number of carbonyl (C=O) groups excluding carboxylic acids is 1. The number of nitrogens with zero attached hydrogens (tertiary/aromatic N) is 2. The third kappa shape index (κ3) is 4.01. The van der Waals surface area contributed by atoms with E-state index >= 15 is 0 Å². The molecule has 1 saturated heterocycles. The van der Waals surface area contributed by atoms with E-state index in [0.717, 1.165) is 25.9 Å². The fourth-order valence-corrected chi connectivity index (χ4v) is 2.63. The molecular formula is C15H21N3O3. The number of amides is 1. The first-order chi connectivity index (χ1) is 10.1. The van der Waals surface area contributed by atoms with Crippen molar-refractivity contribution >= 4 is 11.6 Å². The predicted octanol–water partition coefficient (Wildman–Crippen LogP) is 2.26. The number of piperidine rings is 1. The molecule has 1 N–H and O–H groups in total. The van der Waals surface area contributed by atoms with Crippen molar-refractivity contribution in [1.82, 2.24) is 10.2 Å². The van der Waals surface area contributed by atoms with Gasteiger partial charge in [-0.25, -0.2) is 0 Å². The number of carbonyl (C=O) groups is 1. The van der Waals surface area contributed by atoms with Gasteiger partial charge in [0.25, 0.3) is 5.69 Å². The van der Waals surface area contributed by atoms with Gasteiger partial charge in [-0.1, -0.05) is 18.2 Å². The zero-order valence-corrected chi connectivity index (χ0v) is 12.2. The molecule has 0 saturated carbocycles. The Bertz CT molecular complexity index is 513. The van der Waals surface area contributed by atoms with E-state index in [1.54, 1.807) is 18.2 Å². The van der Waals surface area contributed by atoms with Crippen molar-refractivity contribution < 1.29 is 9.72 Å². The Morgan fingerprint density at radius 2 is 2.00 bits per heavy atom. The first kappa shape index (κ1) is 15.4. The molecule has 114 valence electrons. The molecule has 1 aromatic rings. The lowest BCUT2D eigenvalue weighted by Crippen LogP contribution is -2.41. The summed E-state index contributed by atoms with van der Waals surface area (Å²) in [5, 5.41) is 14.1. The largest absolute Gasteiger partial charge is 0.342 e. The molecule has 1 heterocycles. The molecule has 1 aromatic carbocycles. The summed E-state index contributed by atoms with van der Waals surface area (Å²) in [4.78, 5) is 24.6. The fourth-order valence-electron chi connectivity index (χ4n) is 2.63. The highest BCUT2D eigenvalue weighted by atomic mass is 16.6. The summed E-state index contributed by atoms with van der Waals surface area (Å²) >= 11 is 0. The van der Waals surface area contributed by atoms with Gasteiger partial charge in [0.1, 0.15) is 0 Å². The minimum Gasteiger partial charge on any atom is -0.342 e. The molecule has 1 atom stereocenters. The Balaban J connectivity index is 1.94. The highest BCUT2D eigenvalue weighted by Crippen LogP contribution is 2.24. The highest BCUT2D eigenvalue weighted by Gasteiger charge is 2.20. The first-order valence-electron chi connectivity index (χ1n) is 7.34. The van der Waals surface area contributed by atoms with Gasteiger partial charge in [0.2, 0.25) is 5.91 Å². The van der Waals surface area contributed by atoms with E-state index in [1.807, 2.05) is 11.8 Å². The molecule has 1 unspecified atom stereocenters. The number of likely N-dealkylation sites (tertiary alicyclic amines) is 1. The number of benzene rings is 1. The number of hydrogen-bond acceptors (Lipinski definition) is 4. The maximum absolute atomic E-state index is 12.1. The van der Waals surface area contributed by atoms with Crippen molar-refractivity contribution in [2.24, 2.45) is 0 Å². The van der Waals surface area contributed by atoms with Crippen LogP contribution < -0.4 is 5.32 Å². The van der Waals surface area contributed by atoms with Gasteiger partial charge >= 0.3 is 0 Å². The average molecular weight is 291 g/mol. The molecule has 1 aliphatic rings. The van der Waals surface area contributed by atoms with Crippen LogP contribution in [-0.2, 0) is 4.79 Å². The number of nitro groups is 1. The summed E-state index contributed by atoms with van der Waals surface area (Å²) in [6.07, 6.45) is 3.31. The Morgan fingerprint density at radius 3 is 2.67 bits per heavy atom. The maximum Gasteiger partial charge on any atom is 0.274 e. The van der Waals surface area contributed by atoms with Crippen LogP contribution in [0.15, 0.2) is 24.3 Å². The number of nitrogens with one attached hydrogen (secondary N) is 1. The summed E-state index contributed by atoms with van der Waals surface area (Å²) < 4.78 is 0. The lowest BCUT2D eigenvalue weighted by molar-refractivity contribution is -0.385. The molecule has 1 aliphatic heterocycles. The zero-order chi connectivity index (χ0) is 15.2.